The molecular formula is C19H20N8O6S3. The van der Waals surface area contributed by atoms with Crippen molar-refractivity contribution < 1.29 is 24.3 Å². The fourth-order valence-electron chi connectivity index (χ4n) is 3.52. The van der Waals surface area contributed by atoms with Crippen LogP contribution >= 0.6 is 34.9 Å². The van der Waals surface area contributed by atoms with Crippen LogP contribution in [-0.4, -0.2) is 83.3 Å². The van der Waals surface area contributed by atoms with Gasteiger partial charge in [0.2, 0.25) is 0 Å². The lowest BCUT2D eigenvalue weighted by molar-refractivity contribution is -0.150. The molecule has 2 aromatic heterocycles. The average Bonchev–Trinajstić information content (AvgIpc) is 3.27. The molecule has 2 aliphatic heterocycles. The largest absolute Gasteiger partial charge is 0.477 e. The number of thiazole rings is 1. The van der Waals surface area contributed by atoms with Gasteiger partial charge in [-0.15, -0.1) is 23.1 Å². The maximum absolute atomic E-state index is 12.9. The quantitative estimate of drug-likeness (QED) is 0.163. The Bertz CT molecular complexity index is 1370. The highest BCUT2D eigenvalue weighted by molar-refractivity contribution is 8.01. The van der Waals surface area contributed by atoms with E-state index in [0.717, 1.165) is 28.0 Å². The van der Waals surface area contributed by atoms with Gasteiger partial charge < -0.3 is 21.0 Å². The maximum Gasteiger partial charge on any atom is 0.352 e. The molecule has 190 valence electrons. The molecule has 0 bridgehead atoms. The zero-order valence-electron chi connectivity index (χ0n) is 19.1. The van der Waals surface area contributed by atoms with Gasteiger partial charge in [-0.05, 0) is 12.5 Å². The number of nitrogen functional groups attached to an aromatic ring is 1. The van der Waals surface area contributed by atoms with E-state index in [-0.39, 0.29) is 33.7 Å². The van der Waals surface area contributed by atoms with E-state index in [1.807, 2.05) is 0 Å². The summed E-state index contributed by atoms with van der Waals surface area (Å²) in [4.78, 5) is 63.6. The summed E-state index contributed by atoms with van der Waals surface area (Å²) in [6, 6.07) is -0.965. The van der Waals surface area contributed by atoms with Crippen molar-refractivity contribution in [3.63, 3.8) is 0 Å². The molecule has 0 unspecified atom stereocenters. The van der Waals surface area contributed by atoms with Crippen molar-refractivity contribution in [1.82, 2.24) is 30.0 Å². The molecule has 2 aliphatic rings. The van der Waals surface area contributed by atoms with Gasteiger partial charge in [0.25, 0.3) is 17.4 Å². The van der Waals surface area contributed by atoms with Gasteiger partial charge in [-0.1, -0.05) is 16.9 Å². The van der Waals surface area contributed by atoms with E-state index in [0.29, 0.717) is 16.5 Å². The fourth-order valence-corrected chi connectivity index (χ4v) is 6.46. The van der Waals surface area contributed by atoms with Crippen molar-refractivity contribution >= 4 is 63.5 Å². The van der Waals surface area contributed by atoms with Crippen molar-refractivity contribution in [2.24, 2.45) is 12.2 Å². The van der Waals surface area contributed by atoms with Crippen molar-refractivity contribution in [3.8, 4) is 0 Å². The predicted octanol–water partition coefficient (Wildman–Crippen LogP) is -0.596. The third kappa shape index (κ3) is 4.80. The molecule has 4 heterocycles. The minimum Gasteiger partial charge on any atom is -0.477 e. The first-order valence-electron chi connectivity index (χ1n) is 10.2. The molecule has 1 fully saturated rings. The molecular weight excluding hydrogens is 532 g/mol. The first kappa shape index (κ1) is 25.6. The topological polar surface area (TPSA) is 195 Å². The smallest absolute Gasteiger partial charge is 0.352 e. The molecule has 2 atom stereocenters. The van der Waals surface area contributed by atoms with Crippen molar-refractivity contribution in [2.75, 3.05) is 24.3 Å². The van der Waals surface area contributed by atoms with Crippen molar-refractivity contribution in [2.45, 2.75) is 23.5 Å². The van der Waals surface area contributed by atoms with Crippen LogP contribution in [0.15, 0.2) is 31.8 Å². The Balaban J connectivity index is 1.51. The lowest BCUT2D eigenvalue weighted by Crippen LogP contribution is -2.71. The van der Waals surface area contributed by atoms with Crippen LogP contribution in [0.25, 0.3) is 0 Å². The number of fused-ring (bicyclic) bond motifs is 1. The van der Waals surface area contributed by atoms with E-state index in [2.05, 4.69) is 25.5 Å². The predicted molar refractivity (Wildman–Crippen MR) is 132 cm³/mol. The molecule has 0 saturated carbocycles. The number of aliphatic carboxylic acids is 1. The standard InChI is InChI=1S/C19H20N8O6S3/c1-7-13(28)23-19(26(2)24-7)36-5-8-4-34-16-11(15(30)27(16)12(8)17(31)32)22-14(29)10(25-33-3)9-6-35-18(20)21-9/h6,11,16H,4-5H2,1-3H3,(H2,20,21)(H,22,29)(H,31,32)/b25-10+/t11-,16-/m1/s1. The van der Waals surface area contributed by atoms with Crippen LogP contribution in [0.4, 0.5) is 5.13 Å². The third-order valence-corrected chi connectivity index (χ3v) is 8.28. The van der Waals surface area contributed by atoms with Crippen LogP contribution in [0.3, 0.4) is 0 Å². The van der Waals surface area contributed by atoms with Gasteiger partial charge in [0.15, 0.2) is 16.0 Å². The summed E-state index contributed by atoms with van der Waals surface area (Å²) in [6.07, 6.45) is 0. The number of oxime groups is 1. The molecule has 0 aromatic carbocycles. The Morgan fingerprint density at radius 1 is 1.39 bits per heavy atom. The van der Waals surface area contributed by atoms with E-state index in [4.69, 9.17) is 10.6 Å². The summed E-state index contributed by atoms with van der Waals surface area (Å²) >= 11 is 3.57. The number of carbonyl (C=O) groups is 3. The SMILES string of the molecule is CO/N=C(/C(=O)N[C@@H]1C(=O)N2C(C(=O)O)=C(CSc3nc(=O)c(C)nn3C)CS[C@H]12)c1csc(N)n1. The number of nitrogens with two attached hydrogens (primary N) is 1. The molecule has 2 amide bonds. The minimum atomic E-state index is -1.27. The molecule has 0 aliphatic carbocycles. The molecule has 17 heteroatoms. The highest BCUT2D eigenvalue weighted by Gasteiger charge is 2.54. The monoisotopic (exact) mass is 552 g/mol. The first-order valence-corrected chi connectivity index (χ1v) is 13.1. The number of rotatable bonds is 8. The Morgan fingerprint density at radius 2 is 2.14 bits per heavy atom. The number of aryl methyl sites for hydroxylation is 2. The van der Waals surface area contributed by atoms with Gasteiger partial charge in [-0.3, -0.25) is 19.3 Å². The van der Waals surface area contributed by atoms with Gasteiger partial charge in [0.05, 0.1) is 0 Å². The molecule has 14 nitrogen and oxygen atoms in total. The number of hydrogen-bond acceptors (Lipinski definition) is 13. The second kappa shape index (κ2) is 10.3. The van der Waals surface area contributed by atoms with E-state index in [9.17, 15) is 24.3 Å². The number of carbonyl (C=O) groups excluding carboxylic acids is 2. The average molecular weight is 553 g/mol. The van der Waals surface area contributed by atoms with Gasteiger partial charge in [0.1, 0.15) is 35.6 Å². The molecule has 36 heavy (non-hydrogen) atoms. The van der Waals surface area contributed by atoms with Gasteiger partial charge in [-0.25, -0.2) is 14.5 Å². The van der Waals surface area contributed by atoms with Crippen LogP contribution in [0, 0.1) is 6.92 Å². The van der Waals surface area contributed by atoms with Gasteiger partial charge in [-0.2, -0.15) is 10.1 Å². The maximum atomic E-state index is 12.9. The number of nitrogens with zero attached hydrogens (tertiary/aromatic N) is 6. The number of carboxylic acid groups (broad SMARTS) is 1. The van der Waals surface area contributed by atoms with Gasteiger partial charge in [0, 0.05) is 23.9 Å². The summed E-state index contributed by atoms with van der Waals surface area (Å²) in [5.74, 6) is -2.07. The highest BCUT2D eigenvalue weighted by atomic mass is 32.2. The number of hydrogen-bond donors (Lipinski definition) is 3. The Morgan fingerprint density at radius 3 is 2.78 bits per heavy atom. The van der Waals surface area contributed by atoms with E-state index < -0.39 is 34.8 Å². The second-order valence-electron chi connectivity index (χ2n) is 7.51. The van der Waals surface area contributed by atoms with Crippen molar-refractivity contribution in [3.05, 3.63) is 38.4 Å². The van der Waals surface area contributed by atoms with E-state index in [1.54, 1.807) is 14.0 Å². The minimum absolute atomic E-state index is 0.148. The number of amides is 2. The zero-order chi connectivity index (χ0) is 26.1. The Hall–Kier alpha value is -3.44. The molecule has 4 rings (SSSR count). The summed E-state index contributed by atoms with van der Waals surface area (Å²) in [5, 5.41) is 21.7. The summed E-state index contributed by atoms with van der Waals surface area (Å²) in [6.45, 7) is 1.55. The highest BCUT2D eigenvalue weighted by Crippen LogP contribution is 2.41. The normalized spacial score (nSPS) is 19.6. The summed E-state index contributed by atoms with van der Waals surface area (Å²) in [5.41, 5.74) is 5.79. The molecule has 0 spiro atoms. The van der Waals surface area contributed by atoms with E-state index in [1.165, 1.54) is 28.9 Å². The number of nitrogens with one attached hydrogen (secondary N) is 1. The Kier molecular flexibility index (Phi) is 7.32. The van der Waals surface area contributed by atoms with E-state index >= 15 is 0 Å². The fraction of sp³-hybridized carbons (Fsp3) is 0.368. The van der Waals surface area contributed by atoms with Crippen molar-refractivity contribution in [1.29, 1.82) is 0 Å². The first-order chi connectivity index (χ1) is 17.1. The van der Waals surface area contributed by atoms with Crippen LogP contribution < -0.4 is 16.6 Å². The Labute approximate surface area is 216 Å². The number of aromatic nitrogens is 4. The van der Waals surface area contributed by atoms with Crippen LogP contribution in [0.5, 0.6) is 0 Å². The third-order valence-electron chi connectivity index (χ3n) is 5.16. The lowest BCUT2D eigenvalue weighted by Gasteiger charge is -2.49. The number of thioether (sulfide) groups is 2. The van der Waals surface area contributed by atoms with Crippen LogP contribution in [0.2, 0.25) is 0 Å². The lowest BCUT2D eigenvalue weighted by atomic mass is 10.0. The number of carboxylic acids is 1. The summed E-state index contributed by atoms with van der Waals surface area (Å²) in [7, 11) is 2.90. The van der Waals surface area contributed by atoms with Crippen LogP contribution in [0.1, 0.15) is 11.4 Å². The second-order valence-corrected chi connectivity index (χ2v) is 10.4. The number of β-lactam (4-membered cyclic amide) rings is 1. The zero-order valence-corrected chi connectivity index (χ0v) is 21.6. The van der Waals surface area contributed by atoms with Crippen LogP contribution in [-0.2, 0) is 26.3 Å². The molecule has 1 saturated heterocycles. The molecule has 2 aromatic rings. The molecule has 4 N–H and O–H groups in total. The summed E-state index contributed by atoms with van der Waals surface area (Å²) < 4.78 is 1.44. The number of anilines is 1. The van der Waals surface area contributed by atoms with Gasteiger partial charge >= 0.3 is 5.97 Å². The molecule has 0 radical (unpaired) electrons.